The third-order valence-corrected chi connectivity index (χ3v) is 5.15. The highest BCUT2D eigenvalue weighted by Crippen LogP contribution is 2.36. The number of nitrogens with zero attached hydrogens (tertiary/aromatic N) is 1. The fraction of sp³-hybridized carbons (Fsp3) is 0.227. The molecular formula is C22H20FN3O4. The van der Waals surface area contributed by atoms with Gasteiger partial charge in [-0.05, 0) is 43.2 Å². The molecule has 0 unspecified atom stereocenters. The Morgan fingerprint density at radius 3 is 2.80 bits per heavy atom. The van der Waals surface area contributed by atoms with Crippen molar-refractivity contribution in [2.24, 2.45) is 0 Å². The second kappa shape index (κ2) is 7.62. The van der Waals surface area contributed by atoms with E-state index in [-0.39, 0.29) is 18.8 Å². The molecule has 0 aliphatic carbocycles. The Hall–Kier alpha value is -3.68. The lowest BCUT2D eigenvalue weighted by atomic mass is 9.91. The van der Waals surface area contributed by atoms with Gasteiger partial charge in [-0.3, -0.25) is 9.69 Å². The summed E-state index contributed by atoms with van der Waals surface area (Å²) < 4.78 is 18.5. The zero-order valence-corrected chi connectivity index (χ0v) is 16.5. The first kappa shape index (κ1) is 19.6. The quantitative estimate of drug-likeness (QED) is 0.760. The molecule has 7 nitrogen and oxygen atoms in total. The molecule has 4 rings (SSSR count). The predicted octanol–water partition coefficient (Wildman–Crippen LogP) is 2.96. The molecule has 0 spiro atoms. The number of hydrogen-bond acceptors (Lipinski definition) is 4. The topological polar surface area (TPSA) is 87.7 Å². The molecule has 0 saturated heterocycles. The molecule has 2 aromatic rings. The second-order valence-electron chi connectivity index (χ2n) is 7.32. The number of anilines is 1. The molecule has 0 radical (unpaired) electrons. The molecule has 0 aromatic heterocycles. The minimum atomic E-state index is -0.648. The van der Waals surface area contributed by atoms with Gasteiger partial charge in [-0.15, -0.1) is 0 Å². The van der Waals surface area contributed by atoms with Crippen molar-refractivity contribution in [3.63, 3.8) is 0 Å². The summed E-state index contributed by atoms with van der Waals surface area (Å²) >= 11 is 0. The molecule has 2 N–H and O–H groups in total. The number of amides is 3. The molecule has 2 aromatic carbocycles. The number of carbonyl (C=O) groups is 3. The van der Waals surface area contributed by atoms with E-state index >= 15 is 0 Å². The first-order valence-electron chi connectivity index (χ1n) is 9.44. The number of hydrogen-bond donors (Lipinski definition) is 2. The van der Waals surface area contributed by atoms with Crippen LogP contribution in [0.5, 0.6) is 0 Å². The third kappa shape index (κ3) is 3.63. The summed E-state index contributed by atoms with van der Waals surface area (Å²) in [5, 5.41) is 5.37. The number of ether oxygens (including phenoxy) is 1. The maximum Gasteiger partial charge on any atom is 0.338 e. The molecular weight excluding hydrogens is 389 g/mol. The predicted molar refractivity (Wildman–Crippen MR) is 107 cm³/mol. The first-order valence-corrected chi connectivity index (χ1v) is 9.44. The van der Waals surface area contributed by atoms with Crippen LogP contribution in [0.4, 0.5) is 14.9 Å². The first-order chi connectivity index (χ1) is 14.3. The lowest BCUT2D eigenvalue weighted by molar-refractivity contribution is -0.136. The van der Waals surface area contributed by atoms with Gasteiger partial charge in [0.25, 0.3) is 0 Å². The minimum absolute atomic E-state index is 0.0871. The fourth-order valence-corrected chi connectivity index (χ4v) is 3.69. The highest BCUT2D eigenvalue weighted by molar-refractivity contribution is 6.00. The van der Waals surface area contributed by atoms with Crippen molar-refractivity contribution in [3.05, 3.63) is 76.2 Å². The Bertz CT molecular complexity index is 1100. The maximum absolute atomic E-state index is 13.3. The van der Waals surface area contributed by atoms with Gasteiger partial charge in [-0.1, -0.05) is 29.8 Å². The van der Waals surface area contributed by atoms with E-state index < -0.39 is 29.8 Å². The van der Waals surface area contributed by atoms with Crippen LogP contribution in [0.1, 0.15) is 22.7 Å². The number of urea groups is 1. The number of aryl methyl sites for hydroxylation is 2. The number of cyclic esters (lactones) is 1. The van der Waals surface area contributed by atoms with Crippen LogP contribution in [-0.2, 0) is 14.3 Å². The number of rotatable bonds is 4. The van der Waals surface area contributed by atoms with Gasteiger partial charge in [0.2, 0.25) is 5.91 Å². The molecule has 2 heterocycles. The lowest BCUT2D eigenvalue weighted by Gasteiger charge is -2.33. The maximum atomic E-state index is 13.3. The summed E-state index contributed by atoms with van der Waals surface area (Å²) in [5.41, 5.74) is 3.69. The smallest absolute Gasteiger partial charge is 0.338 e. The summed E-state index contributed by atoms with van der Waals surface area (Å²) in [4.78, 5) is 38.9. The van der Waals surface area contributed by atoms with E-state index in [1.807, 2.05) is 32.0 Å². The Balaban J connectivity index is 1.63. The highest BCUT2D eigenvalue weighted by Gasteiger charge is 2.43. The number of halogens is 1. The average molecular weight is 409 g/mol. The van der Waals surface area contributed by atoms with Gasteiger partial charge in [-0.25, -0.2) is 14.0 Å². The van der Waals surface area contributed by atoms with Crippen molar-refractivity contribution in [2.75, 3.05) is 18.5 Å². The average Bonchev–Trinajstić information content (AvgIpc) is 3.07. The number of nitrogens with one attached hydrogen (secondary N) is 2. The lowest BCUT2D eigenvalue weighted by Crippen LogP contribution is -2.49. The van der Waals surface area contributed by atoms with E-state index in [0.717, 1.165) is 16.7 Å². The van der Waals surface area contributed by atoms with Gasteiger partial charge in [0, 0.05) is 5.69 Å². The second-order valence-corrected chi connectivity index (χ2v) is 7.32. The molecule has 1 atom stereocenters. The molecule has 3 amide bonds. The van der Waals surface area contributed by atoms with Crippen LogP contribution in [-0.4, -0.2) is 36.0 Å². The van der Waals surface area contributed by atoms with Crippen LogP contribution in [0.2, 0.25) is 0 Å². The van der Waals surface area contributed by atoms with Crippen molar-refractivity contribution in [1.29, 1.82) is 0 Å². The van der Waals surface area contributed by atoms with Crippen molar-refractivity contribution >= 4 is 23.6 Å². The van der Waals surface area contributed by atoms with Crippen LogP contribution < -0.4 is 10.6 Å². The van der Waals surface area contributed by atoms with E-state index in [9.17, 15) is 18.8 Å². The summed E-state index contributed by atoms with van der Waals surface area (Å²) in [6.45, 7) is 3.41. The van der Waals surface area contributed by atoms with Crippen molar-refractivity contribution in [1.82, 2.24) is 10.2 Å². The van der Waals surface area contributed by atoms with Crippen molar-refractivity contribution < 1.29 is 23.5 Å². The summed E-state index contributed by atoms with van der Waals surface area (Å²) in [6, 6.07) is 10.1. The monoisotopic (exact) mass is 409 g/mol. The zero-order valence-electron chi connectivity index (χ0n) is 16.5. The molecule has 154 valence electrons. The summed E-state index contributed by atoms with van der Waals surface area (Å²) in [6.07, 6.45) is 0. The SMILES string of the molecule is Cc1ccc(C)c([C@H]2NC(=O)N(CC(=O)Nc3cccc(F)c3)C3=C2C(=O)OC3)c1. The number of benzene rings is 2. The Morgan fingerprint density at radius 2 is 2.03 bits per heavy atom. The zero-order chi connectivity index (χ0) is 21.4. The van der Waals surface area contributed by atoms with Crippen LogP contribution in [0.3, 0.4) is 0 Å². The molecule has 0 fully saturated rings. The van der Waals surface area contributed by atoms with Gasteiger partial charge in [0.05, 0.1) is 17.3 Å². The van der Waals surface area contributed by atoms with E-state index in [0.29, 0.717) is 11.3 Å². The normalized spacial score (nSPS) is 18.1. The summed E-state index contributed by atoms with van der Waals surface area (Å²) in [5.74, 6) is -1.53. The van der Waals surface area contributed by atoms with E-state index in [1.54, 1.807) is 6.07 Å². The van der Waals surface area contributed by atoms with Crippen molar-refractivity contribution in [2.45, 2.75) is 19.9 Å². The molecule has 30 heavy (non-hydrogen) atoms. The molecule has 8 heteroatoms. The number of carbonyl (C=O) groups excluding carboxylic acids is 3. The molecule has 2 aliphatic heterocycles. The summed E-state index contributed by atoms with van der Waals surface area (Å²) in [7, 11) is 0. The molecule has 2 aliphatic rings. The van der Waals surface area contributed by atoms with Gasteiger partial charge >= 0.3 is 12.0 Å². The molecule has 0 saturated carbocycles. The van der Waals surface area contributed by atoms with E-state index in [1.165, 1.54) is 23.1 Å². The van der Waals surface area contributed by atoms with Crippen LogP contribution >= 0.6 is 0 Å². The van der Waals surface area contributed by atoms with Gasteiger partial charge in [0.1, 0.15) is 19.0 Å². The van der Waals surface area contributed by atoms with Gasteiger partial charge in [0.15, 0.2) is 0 Å². The Labute approximate surface area is 172 Å². The largest absolute Gasteiger partial charge is 0.456 e. The Kier molecular flexibility index (Phi) is 4.99. The van der Waals surface area contributed by atoms with E-state index in [2.05, 4.69) is 10.6 Å². The van der Waals surface area contributed by atoms with Crippen LogP contribution in [0, 0.1) is 19.7 Å². The van der Waals surface area contributed by atoms with E-state index in [4.69, 9.17) is 4.74 Å². The fourth-order valence-electron chi connectivity index (χ4n) is 3.69. The van der Waals surface area contributed by atoms with Crippen molar-refractivity contribution in [3.8, 4) is 0 Å². The highest BCUT2D eigenvalue weighted by atomic mass is 19.1. The molecule has 0 bridgehead atoms. The minimum Gasteiger partial charge on any atom is -0.456 e. The third-order valence-electron chi connectivity index (χ3n) is 5.15. The van der Waals surface area contributed by atoms with Crippen LogP contribution in [0.25, 0.3) is 0 Å². The Morgan fingerprint density at radius 1 is 1.23 bits per heavy atom. The van der Waals surface area contributed by atoms with Crippen LogP contribution in [0.15, 0.2) is 53.7 Å². The standard InChI is InChI=1S/C22H20FN3O4/c1-12-6-7-13(2)16(8-12)20-19-17(11-30-21(19)28)26(22(29)25-20)10-18(27)24-15-5-3-4-14(23)9-15/h3-9,20H,10-11H2,1-2H3,(H,24,27)(H,25,29)/t20-/m1/s1. The van der Waals surface area contributed by atoms with Gasteiger partial charge < -0.3 is 15.4 Å². The van der Waals surface area contributed by atoms with Gasteiger partial charge in [-0.2, -0.15) is 0 Å². The number of esters is 1.